The first-order valence-electron chi connectivity index (χ1n) is 9.09. The van der Waals surface area contributed by atoms with E-state index < -0.39 is 5.91 Å². The number of halogens is 1. The van der Waals surface area contributed by atoms with Crippen LogP contribution in [0.25, 0.3) is 21.8 Å². The van der Waals surface area contributed by atoms with Crippen molar-refractivity contribution in [1.29, 1.82) is 0 Å². The van der Waals surface area contributed by atoms with Gasteiger partial charge in [0.15, 0.2) is 0 Å². The van der Waals surface area contributed by atoms with E-state index in [0.717, 1.165) is 39.1 Å². The van der Waals surface area contributed by atoms with Gasteiger partial charge in [-0.1, -0.05) is 59.6 Å². The summed E-state index contributed by atoms with van der Waals surface area (Å²) in [5, 5.41) is 1.83. The van der Waals surface area contributed by atoms with Crippen LogP contribution in [0.15, 0.2) is 59.1 Å². The van der Waals surface area contributed by atoms with Gasteiger partial charge in [0.2, 0.25) is 5.91 Å². The summed E-state index contributed by atoms with van der Waals surface area (Å²) in [5.41, 5.74) is 10.7. The van der Waals surface area contributed by atoms with Crippen LogP contribution >= 0.6 is 15.9 Å². The van der Waals surface area contributed by atoms with Gasteiger partial charge in [-0.2, -0.15) is 0 Å². The van der Waals surface area contributed by atoms with Crippen LogP contribution in [0, 0.1) is 6.07 Å². The maximum absolute atomic E-state index is 12.0. The molecule has 0 aliphatic rings. The third kappa shape index (κ3) is 3.15. The van der Waals surface area contributed by atoms with Gasteiger partial charge < -0.3 is 10.3 Å². The molecule has 0 saturated carbocycles. The quantitative estimate of drug-likeness (QED) is 0.458. The predicted octanol–water partition coefficient (Wildman–Crippen LogP) is 5.46. The summed E-state index contributed by atoms with van der Waals surface area (Å²) < 4.78 is 3.33. The van der Waals surface area contributed by atoms with Crippen molar-refractivity contribution in [3.8, 4) is 0 Å². The topological polar surface area (TPSA) is 48.0 Å². The number of carbonyl (C=O) groups is 1. The number of nitrogens with two attached hydrogens (primary N) is 1. The Balaban J connectivity index is 2.04. The molecule has 0 aliphatic carbocycles. The largest absolute Gasteiger partial charge is 0.366 e. The fraction of sp³-hybridized carbons (Fsp3) is 0.174. The van der Waals surface area contributed by atoms with Gasteiger partial charge >= 0.3 is 0 Å². The summed E-state index contributed by atoms with van der Waals surface area (Å²) in [6.07, 6.45) is 2.09. The second-order valence-electron chi connectivity index (χ2n) is 6.76. The van der Waals surface area contributed by atoms with E-state index in [1.54, 1.807) is 6.07 Å². The number of carbonyl (C=O) groups excluding carboxylic acids is 1. The van der Waals surface area contributed by atoms with Crippen LogP contribution in [0.5, 0.6) is 0 Å². The fourth-order valence-corrected chi connectivity index (χ4v) is 4.11. The van der Waals surface area contributed by atoms with Crippen molar-refractivity contribution < 1.29 is 4.79 Å². The molecule has 3 nitrogen and oxygen atoms in total. The van der Waals surface area contributed by atoms with Crippen LogP contribution in [-0.2, 0) is 13.0 Å². The number of amides is 1. The van der Waals surface area contributed by atoms with E-state index in [2.05, 4.69) is 45.6 Å². The van der Waals surface area contributed by atoms with Crippen molar-refractivity contribution >= 4 is 43.6 Å². The molecule has 135 valence electrons. The number of rotatable bonds is 5. The highest BCUT2D eigenvalue weighted by atomic mass is 79.9. The van der Waals surface area contributed by atoms with Crippen molar-refractivity contribution in [2.24, 2.45) is 5.73 Å². The van der Waals surface area contributed by atoms with E-state index in [4.69, 9.17) is 5.73 Å². The molecule has 3 aromatic carbocycles. The van der Waals surface area contributed by atoms with Gasteiger partial charge in [-0.3, -0.25) is 4.79 Å². The summed E-state index contributed by atoms with van der Waals surface area (Å²) in [4.78, 5) is 12.0. The standard InChI is InChI=1S/C23H20BrN2O/c1-2-6-15-11-12-17-21(13-15)26(14-16-7-3-4-9-19(16)24)20-10-5-8-18(22(17)20)23(25)27/h3-5,7-11,13H,2,6,14H2,1H3,(H2,25,27). The summed E-state index contributed by atoms with van der Waals surface area (Å²) >= 11 is 3.65. The third-order valence-electron chi connectivity index (χ3n) is 4.94. The molecule has 0 atom stereocenters. The minimum atomic E-state index is -0.411. The molecule has 27 heavy (non-hydrogen) atoms. The molecule has 1 radical (unpaired) electrons. The average Bonchev–Trinajstić information content (AvgIpc) is 2.97. The molecular formula is C23H20BrN2O. The van der Waals surface area contributed by atoms with Gasteiger partial charge in [0.25, 0.3) is 0 Å². The highest BCUT2D eigenvalue weighted by Gasteiger charge is 2.17. The number of hydrogen-bond donors (Lipinski definition) is 1. The zero-order valence-corrected chi connectivity index (χ0v) is 16.7. The van der Waals surface area contributed by atoms with Gasteiger partial charge in [-0.15, -0.1) is 0 Å². The first kappa shape index (κ1) is 17.8. The second kappa shape index (κ2) is 7.20. The minimum Gasteiger partial charge on any atom is -0.366 e. The molecular weight excluding hydrogens is 400 g/mol. The van der Waals surface area contributed by atoms with E-state index in [1.807, 2.05) is 36.4 Å². The Kier molecular flexibility index (Phi) is 4.75. The number of fused-ring (bicyclic) bond motifs is 3. The molecule has 0 spiro atoms. The van der Waals surface area contributed by atoms with E-state index in [1.165, 1.54) is 11.1 Å². The summed E-state index contributed by atoms with van der Waals surface area (Å²) in [7, 11) is 0. The number of aromatic nitrogens is 1. The van der Waals surface area contributed by atoms with Crippen LogP contribution in [0.4, 0.5) is 0 Å². The predicted molar refractivity (Wildman–Crippen MR) is 114 cm³/mol. The maximum atomic E-state index is 12.0. The zero-order valence-electron chi connectivity index (χ0n) is 15.1. The molecule has 1 aromatic heterocycles. The highest BCUT2D eigenvalue weighted by Crippen LogP contribution is 2.33. The Bertz CT molecular complexity index is 1160. The number of hydrogen-bond acceptors (Lipinski definition) is 1. The SMILES string of the molecule is CCCc1c[c]c2c3c(C(N)=O)cccc3n(Cc3ccccc3Br)c2c1. The van der Waals surface area contributed by atoms with E-state index in [9.17, 15) is 4.79 Å². The monoisotopic (exact) mass is 419 g/mol. The Labute approximate surface area is 166 Å². The molecule has 1 amide bonds. The molecule has 4 heteroatoms. The Morgan fingerprint density at radius 1 is 1.15 bits per heavy atom. The first-order chi connectivity index (χ1) is 13.1. The normalized spacial score (nSPS) is 11.3. The number of benzene rings is 3. The molecule has 4 rings (SSSR count). The zero-order chi connectivity index (χ0) is 19.0. The van der Waals surface area contributed by atoms with Gasteiger partial charge in [0, 0.05) is 27.4 Å². The van der Waals surface area contributed by atoms with E-state index in [0.29, 0.717) is 12.1 Å². The average molecular weight is 420 g/mol. The lowest BCUT2D eigenvalue weighted by Gasteiger charge is -2.10. The number of primary amides is 1. The van der Waals surface area contributed by atoms with Crippen molar-refractivity contribution in [3.05, 3.63) is 81.8 Å². The highest BCUT2D eigenvalue weighted by molar-refractivity contribution is 9.10. The summed E-state index contributed by atoms with van der Waals surface area (Å²) in [6, 6.07) is 21.6. The van der Waals surface area contributed by atoms with E-state index in [-0.39, 0.29) is 0 Å². The lowest BCUT2D eigenvalue weighted by molar-refractivity contribution is 0.100. The van der Waals surface area contributed by atoms with Crippen molar-refractivity contribution in [1.82, 2.24) is 4.57 Å². The van der Waals surface area contributed by atoms with Crippen molar-refractivity contribution in [2.75, 3.05) is 0 Å². The molecule has 4 aromatic rings. The Morgan fingerprint density at radius 3 is 2.70 bits per heavy atom. The Hall–Kier alpha value is -2.59. The van der Waals surface area contributed by atoms with Crippen molar-refractivity contribution in [3.63, 3.8) is 0 Å². The van der Waals surface area contributed by atoms with Crippen LogP contribution < -0.4 is 5.73 Å². The van der Waals surface area contributed by atoms with Gasteiger partial charge in [0.05, 0.1) is 11.0 Å². The van der Waals surface area contributed by atoms with Gasteiger partial charge in [-0.05, 0) is 47.9 Å². The lowest BCUT2D eigenvalue weighted by atomic mass is 10.0. The minimum absolute atomic E-state index is 0.411. The van der Waals surface area contributed by atoms with Crippen LogP contribution in [-0.4, -0.2) is 10.5 Å². The first-order valence-corrected chi connectivity index (χ1v) is 9.88. The molecule has 1 heterocycles. The molecule has 0 unspecified atom stereocenters. The molecule has 0 saturated heterocycles. The molecule has 0 bridgehead atoms. The van der Waals surface area contributed by atoms with Crippen molar-refractivity contribution in [2.45, 2.75) is 26.3 Å². The molecule has 2 N–H and O–H groups in total. The second-order valence-corrected chi connectivity index (χ2v) is 7.61. The summed E-state index contributed by atoms with van der Waals surface area (Å²) in [6.45, 7) is 2.87. The van der Waals surface area contributed by atoms with Crippen LogP contribution in [0.1, 0.15) is 34.8 Å². The maximum Gasteiger partial charge on any atom is 0.249 e. The van der Waals surface area contributed by atoms with E-state index >= 15 is 0 Å². The fourth-order valence-electron chi connectivity index (χ4n) is 3.70. The Morgan fingerprint density at radius 2 is 1.96 bits per heavy atom. The lowest BCUT2D eigenvalue weighted by Crippen LogP contribution is -2.11. The molecule has 0 fully saturated rings. The van der Waals surface area contributed by atoms with Gasteiger partial charge in [-0.25, -0.2) is 0 Å². The smallest absolute Gasteiger partial charge is 0.249 e. The van der Waals surface area contributed by atoms with Crippen LogP contribution in [0.3, 0.4) is 0 Å². The number of nitrogens with zero attached hydrogens (tertiary/aromatic N) is 1. The number of aryl methyl sites for hydroxylation is 1. The molecule has 0 aliphatic heterocycles. The van der Waals surface area contributed by atoms with Crippen LogP contribution in [0.2, 0.25) is 0 Å². The van der Waals surface area contributed by atoms with Gasteiger partial charge in [0.1, 0.15) is 0 Å². The third-order valence-corrected chi connectivity index (χ3v) is 5.72. The summed E-state index contributed by atoms with van der Waals surface area (Å²) in [5.74, 6) is -0.411.